The molecule has 1 aliphatic heterocycles. The van der Waals surface area contributed by atoms with Gasteiger partial charge in [-0.05, 0) is 44.1 Å². The number of hydrogen-bond acceptors (Lipinski definition) is 2. The van der Waals surface area contributed by atoms with Crippen molar-refractivity contribution in [2.24, 2.45) is 11.1 Å². The summed E-state index contributed by atoms with van der Waals surface area (Å²) >= 11 is 0. The van der Waals surface area contributed by atoms with E-state index in [0.29, 0.717) is 11.3 Å². The minimum atomic E-state index is 0.381. The smallest absolute Gasteiger partial charge is 0.0911 e. The number of nitrogens with one attached hydrogen (secondary N) is 1. The van der Waals surface area contributed by atoms with Gasteiger partial charge in [-0.1, -0.05) is 19.8 Å². The summed E-state index contributed by atoms with van der Waals surface area (Å²) < 4.78 is 0. The third-order valence-electron chi connectivity index (χ3n) is 4.43. The first-order chi connectivity index (χ1) is 8.15. The van der Waals surface area contributed by atoms with E-state index in [1.807, 2.05) is 0 Å². The Labute approximate surface area is 105 Å². The third kappa shape index (κ3) is 3.44. The van der Waals surface area contributed by atoms with Gasteiger partial charge in [0.05, 0.1) is 5.84 Å². The highest BCUT2D eigenvalue weighted by Crippen LogP contribution is 2.50. The zero-order chi connectivity index (χ0) is 12.3. The molecule has 0 radical (unpaired) electrons. The van der Waals surface area contributed by atoms with Crippen molar-refractivity contribution in [3.63, 3.8) is 0 Å². The molecule has 98 valence electrons. The summed E-state index contributed by atoms with van der Waals surface area (Å²) in [6.07, 6.45) is 10.2. The lowest BCUT2D eigenvalue weighted by molar-refractivity contribution is 0.112. The molecule has 3 nitrogen and oxygen atoms in total. The standard InChI is InChI=1S/C14H27N3/c1-2-5-12-6-3-4-9-17(12)11-14(7-8-14)10-13(15)16/h12H,2-11H2,1H3,(H3,15,16). The first-order valence-corrected chi connectivity index (χ1v) is 7.22. The Morgan fingerprint density at radius 3 is 2.76 bits per heavy atom. The quantitative estimate of drug-likeness (QED) is 0.551. The molecule has 1 unspecified atom stereocenters. The van der Waals surface area contributed by atoms with Crippen LogP contribution < -0.4 is 5.73 Å². The van der Waals surface area contributed by atoms with E-state index in [-0.39, 0.29) is 0 Å². The lowest BCUT2D eigenvalue weighted by Crippen LogP contribution is -2.43. The summed E-state index contributed by atoms with van der Waals surface area (Å²) in [4.78, 5) is 2.70. The summed E-state index contributed by atoms with van der Waals surface area (Å²) in [7, 11) is 0. The van der Waals surface area contributed by atoms with Crippen molar-refractivity contribution in [3.05, 3.63) is 0 Å². The minimum Gasteiger partial charge on any atom is -0.388 e. The highest BCUT2D eigenvalue weighted by atomic mass is 15.2. The normalized spacial score (nSPS) is 27.9. The van der Waals surface area contributed by atoms with Crippen LogP contribution in [0.5, 0.6) is 0 Å². The number of amidine groups is 1. The second-order valence-electron chi connectivity index (χ2n) is 6.11. The number of piperidine rings is 1. The molecule has 1 saturated carbocycles. The molecule has 0 aromatic carbocycles. The van der Waals surface area contributed by atoms with Gasteiger partial charge in [0.2, 0.25) is 0 Å². The van der Waals surface area contributed by atoms with Crippen LogP contribution in [0.1, 0.15) is 58.3 Å². The van der Waals surface area contributed by atoms with Crippen molar-refractivity contribution in [2.45, 2.75) is 64.3 Å². The molecular weight excluding hydrogens is 210 g/mol. The number of nitrogens with zero attached hydrogens (tertiary/aromatic N) is 1. The molecular formula is C14H27N3. The van der Waals surface area contributed by atoms with Gasteiger partial charge in [-0.15, -0.1) is 0 Å². The fourth-order valence-corrected chi connectivity index (χ4v) is 3.33. The topological polar surface area (TPSA) is 53.1 Å². The molecule has 0 aromatic rings. The molecule has 17 heavy (non-hydrogen) atoms. The van der Waals surface area contributed by atoms with Gasteiger partial charge in [0.25, 0.3) is 0 Å². The van der Waals surface area contributed by atoms with E-state index in [0.717, 1.165) is 12.5 Å². The van der Waals surface area contributed by atoms with Gasteiger partial charge in [-0.3, -0.25) is 10.3 Å². The number of hydrogen-bond donors (Lipinski definition) is 2. The molecule has 1 saturated heterocycles. The molecule has 1 atom stereocenters. The van der Waals surface area contributed by atoms with E-state index in [4.69, 9.17) is 11.1 Å². The van der Waals surface area contributed by atoms with Crippen molar-refractivity contribution in [3.8, 4) is 0 Å². The monoisotopic (exact) mass is 237 g/mol. The zero-order valence-electron chi connectivity index (χ0n) is 11.2. The predicted molar refractivity (Wildman–Crippen MR) is 72.3 cm³/mol. The fourth-order valence-electron chi connectivity index (χ4n) is 3.33. The number of rotatable bonds is 6. The molecule has 2 rings (SSSR count). The van der Waals surface area contributed by atoms with Crippen LogP contribution in [-0.4, -0.2) is 29.9 Å². The third-order valence-corrected chi connectivity index (χ3v) is 4.43. The van der Waals surface area contributed by atoms with E-state index >= 15 is 0 Å². The SMILES string of the molecule is CCCC1CCCCN1CC1(CC(=N)N)CC1. The Morgan fingerprint density at radius 2 is 2.18 bits per heavy atom. The lowest BCUT2D eigenvalue weighted by atomic mass is 9.94. The van der Waals surface area contributed by atoms with Gasteiger partial charge in [0, 0.05) is 19.0 Å². The summed E-state index contributed by atoms with van der Waals surface area (Å²) in [5, 5.41) is 7.50. The van der Waals surface area contributed by atoms with Crippen molar-refractivity contribution in [1.82, 2.24) is 4.90 Å². The average molecular weight is 237 g/mol. The molecule has 1 heterocycles. The summed E-state index contributed by atoms with van der Waals surface area (Å²) in [6.45, 7) is 4.75. The van der Waals surface area contributed by atoms with E-state index in [1.54, 1.807) is 0 Å². The van der Waals surface area contributed by atoms with Gasteiger partial charge in [0.1, 0.15) is 0 Å². The largest absolute Gasteiger partial charge is 0.388 e. The average Bonchev–Trinajstić information content (AvgIpc) is 3.00. The van der Waals surface area contributed by atoms with Crippen LogP contribution in [-0.2, 0) is 0 Å². The van der Waals surface area contributed by atoms with E-state index in [2.05, 4.69) is 11.8 Å². The van der Waals surface area contributed by atoms with Crippen LogP contribution in [0, 0.1) is 10.8 Å². The molecule has 0 bridgehead atoms. The van der Waals surface area contributed by atoms with Crippen molar-refractivity contribution in [2.75, 3.05) is 13.1 Å². The summed E-state index contributed by atoms with van der Waals surface area (Å²) in [5.41, 5.74) is 5.97. The maximum Gasteiger partial charge on any atom is 0.0911 e. The first-order valence-electron chi connectivity index (χ1n) is 7.22. The Kier molecular flexibility index (Phi) is 4.08. The predicted octanol–water partition coefficient (Wildman–Crippen LogP) is 2.75. The Morgan fingerprint density at radius 1 is 1.41 bits per heavy atom. The molecule has 2 fully saturated rings. The van der Waals surface area contributed by atoms with Crippen LogP contribution >= 0.6 is 0 Å². The maximum absolute atomic E-state index is 7.50. The van der Waals surface area contributed by atoms with Crippen LogP contribution in [0.3, 0.4) is 0 Å². The van der Waals surface area contributed by atoms with Gasteiger partial charge < -0.3 is 5.73 Å². The Bertz CT molecular complexity index is 269. The van der Waals surface area contributed by atoms with Crippen molar-refractivity contribution < 1.29 is 0 Å². The highest BCUT2D eigenvalue weighted by molar-refractivity contribution is 5.78. The van der Waals surface area contributed by atoms with E-state index in [1.165, 1.54) is 58.0 Å². The van der Waals surface area contributed by atoms with Crippen LogP contribution in [0.25, 0.3) is 0 Å². The molecule has 3 N–H and O–H groups in total. The van der Waals surface area contributed by atoms with Crippen molar-refractivity contribution in [1.29, 1.82) is 5.41 Å². The Hall–Kier alpha value is -0.570. The number of likely N-dealkylation sites (tertiary alicyclic amines) is 1. The maximum atomic E-state index is 7.50. The minimum absolute atomic E-state index is 0.381. The van der Waals surface area contributed by atoms with Crippen LogP contribution in [0.4, 0.5) is 0 Å². The Balaban J connectivity index is 1.89. The van der Waals surface area contributed by atoms with E-state index in [9.17, 15) is 0 Å². The van der Waals surface area contributed by atoms with Crippen LogP contribution in [0.2, 0.25) is 0 Å². The summed E-state index contributed by atoms with van der Waals surface area (Å²) in [6, 6.07) is 0.804. The molecule has 3 heteroatoms. The summed E-state index contributed by atoms with van der Waals surface area (Å²) in [5.74, 6) is 0.381. The van der Waals surface area contributed by atoms with Gasteiger partial charge in [-0.25, -0.2) is 0 Å². The van der Waals surface area contributed by atoms with Gasteiger partial charge in [-0.2, -0.15) is 0 Å². The van der Waals surface area contributed by atoms with Gasteiger partial charge >= 0.3 is 0 Å². The second kappa shape index (κ2) is 5.38. The molecule has 2 aliphatic rings. The zero-order valence-corrected chi connectivity index (χ0v) is 11.2. The fraction of sp³-hybridized carbons (Fsp3) is 0.929. The first kappa shape index (κ1) is 12.9. The number of nitrogens with two attached hydrogens (primary N) is 1. The van der Waals surface area contributed by atoms with E-state index < -0.39 is 0 Å². The van der Waals surface area contributed by atoms with Crippen LogP contribution in [0.15, 0.2) is 0 Å². The van der Waals surface area contributed by atoms with Gasteiger partial charge in [0.15, 0.2) is 0 Å². The molecule has 1 aliphatic carbocycles. The van der Waals surface area contributed by atoms with Crippen molar-refractivity contribution >= 4 is 5.84 Å². The second-order valence-corrected chi connectivity index (χ2v) is 6.11. The highest BCUT2D eigenvalue weighted by Gasteiger charge is 2.45. The molecule has 0 aromatic heterocycles. The molecule has 0 spiro atoms. The molecule has 0 amide bonds. The lowest BCUT2D eigenvalue weighted by Gasteiger charge is -2.38.